The third-order valence-electron chi connectivity index (χ3n) is 4.14. The number of nitrogens with one attached hydrogen (secondary N) is 2. The SMILES string of the molecule is CCCc1nc(C(=O)NCc2c(C)ncc3c2CCNC3)cs1. The third-order valence-corrected chi connectivity index (χ3v) is 5.05. The van der Waals surface area contributed by atoms with E-state index < -0.39 is 0 Å². The molecule has 0 saturated heterocycles. The maximum atomic E-state index is 12.3. The fourth-order valence-electron chi connectivity index (χ4n) is 2.88. The van der Waals surface area contributed by atoms with Gasteiger partial charge in [-0.25, -0.2) is 4.98 Å². The highest BCUT2D eigenvalue weighted by Gasteiger charge is 2.17. The van der Waals surface area contributed by atoms with Crippen molar-refractivity contribution in [1.82, 2.24) is 20.6 Å². The molecule has 0 radical (unpaired) electrons. The molecule has 0 bridgehead atoms. The average Bonchev–Trinajstić information content (AvgIpc) is 3.03. The van der Waals surface area contributed by atoms with Gasteiger partial charge in [0.15, 0.2) is 0 Å². The summed E-state index contributed by atoms with van der Waals surface area (Å²) in [5.41, 5.74) is 5.25. The fourth-order valence-corrected chi connectivity index (χ4v) is 3.76. The van der Waals surface area contributed by atoms with Crippen LogP contribution in [-0.4, -0.2) is 22.4 Å². The monoisotopic (exact) mass is 330 g/mol. The van der Waals surface area contributed by atoms with Crippen LogP contribution in [0, 0.1) is 6.92 Å². The van der Waals surface area contributed by atoms with Crippen molar-refractivity contribution in [3.05, 3.63) is 44.7 Å². The first-order chi connectivity index (χ1) is 11.2. The highest BCUT2D eigenvalue weighted by molar-refractivity contribution is 7.09. The van der Waals surface area contributed by atoms with Gasteiger partial charge in [-0.3, -0.25) is 9.78 Å². The summed E-state index contributed by atoms with van der Waals surface area (Å²) in [7, 11) is 0. The Morgan fingerprint density at radius 2 is 2.35 bits per heavy atom. The van der Waals surface area contributed by atoms with Crippen molar-refractivity contribution in [1.29, 1.82) is 0 Å². The van der Waals surface area contributed by atoms with Crippen molar-refractivity contribution in [2.75, 3.05) is 6.54 Å². The summed E-state index contributed by atoms with van der Waals surface area (Å²) < 4.78 is 0. The number of hydrogen-bond donors (Lipinski definition) is 2. The number of rotatable bonds is 5. The van der Waals surface area contributed by atoms with Crippen LogP contribution in [0.25, 0.3) is 0 Å². The molecule has 1 aliphatic heterocycles. The van der Waals surface area contributed by atoms with E-state index in [2.05, 4.69) is 27.5 Å². The molecule has 6 heteroatoms. The smallest absolute Gasteiger partial charge is 0.271 e. The second-order valence-electron chi connectivity index (χ2n) is 5.81. The van der Waals surface area contributed by atoms with E-state index in [1.165, 1.54) is 11.1 Å². The second-order valence-corrected chi connectivity index (χ2v) is 6.75. The lowest BCUT2D eigenvalue weighted by molar-refractivity contribution is 0.0946. The Kier molecular flexibility index (Phi) is 5.03. The third kappa shape index (κ3) is 3.59. The van der Waals surface area contributed by atoms with Crippen LogP contribution < -0.4 is 10.6 Å². The largest absolute Gasteiger partial charge is 0.347 e. The normalized spacial score (nSPS) is 13.7. The summed E-state index contributed by atoms with van der Waals surface area (Å²) >= 11 is 1.56. The van der Waals surface area contributed by atoms with E-state index in [1.807, 2.05) is 18.5 Å². The molecule has 1 aliphatic rings. The lowest BCUT2D eigenvalue weighted by Gasteiger charge is -2.21. The first kappa shape index (κ1) is 16.1. The zero-order valence-corrected chi connectivity index (χ0v) is 14.4. The number of amides is 1. The summed E-state index contributed by atoms with van der Waals surface area (Å²) in [4.78, 5) is 21.2. The van der Waals surface area contributed by atoms with Crippen molar-refractivity contribution in [3.63, 3.8) is 0 Å². The molecule has 5 nitrogen and oxygen atoms in total. The standard InChI is InChI=1S/C17H22N4OS/c1-3-4-16-21-15(10-23-16)17(22)20-9-14-11(2)19-8-12-7-18-6-5-13(12)14/h8,10,18H,3-7,9H2,1-2H3,(H,20,22). The molecule has 3 heterocycles. The first-order valence-electron chi connectivity index (χ1n) is 8.08. The average molecular weight is 330 g/mol. The van der Waals surface area contributed by atoms with Crippen LogP contribution in [0.2, 0.25) is 0 Å². The lowest BCUT2D eigenvalue weighted by atomic mass is 9.96. The van der Waals surface area contributed by atoms with Crippen molar-refractivity contribution >= 4 is 17.2 Å². The zero-order valence-electron chi connectivity index (χ0n) is 13.6. The van der Waals surface area contributed by atoms with Crippen LogP contribution in [0.3, 0.4) is 0 Å². The van der Waals surface area contributed by atoms with Crippen molar-refractivity contribution in [2.24, 2.45) is 0 Å². The number of pyridine rings is 1. The predicted molar refractivity (Wildman–Crippen MR) is 91.7 cm³/mol. The van der Waals surface area contributed by atoms with Crippen LogP contribution in [0.5, 0.6) is 0 Å². The van der Waals surface area contributed by atoms with Crippen LogP contribution in [-0.2, 0) is 25.9 Å². The van der Waals surface area contributed by atoms with Crippen molar-refractivity contribution in [2.45, 2.75) is 46.2 Å². The molecule has 23 heavy (non-hydrogen) atoms. The zero-order chi connectivity index (χ0) is 16.2. The highest BCUT2D eigenvalue weighted by atomic mass is 32.1. The molecule has 0 unspecified atom stereocenters. The number of thiazole rings is 1. The summed E-state index contributed by atoms with van der Waals surface area (Å²) in [5, 5.41) is 9.23. The number of aryl methyl sites for hydroxylation is 2. The summed E-state index contributed by atoms with van der Waals surface area (Å²) in [6, 6.07) is 0. The van der Waals surface area contributed by atoms with Gasteiger partial charge < -0.3 is 10.6 Å². The molecule has 0 saturated carbocycles. The minimum absolute atomic E-state index is 0.102. The fraction of sp³-hybridized carbons (Fsp3) is 0.471. The van der Waals surface area contributed by atoms with Crippen LogP contribution >= 0.6 is 11.3 Å². The van der Waals surface area contributed by atoms with E-state index in [1.54, 1.807) is 11.3 Å². The Hall–Kier alpha value is -1.79. The maximum absolute atomic E-state index is 12.3. The van der Waals surface area contributed by atoms with Gasteiger partial charge in [0.05, 0.1) is 5.01 Å². The van der Waals surface area contributed by atoms with Crippen molar-refractivity contribution in [3.8, 4) is 0 Å². The van der Waals surface area contributed by atoms with Crippen LogP contribution in [0.1, 0.15) is 51.2 Å². The van der Waals surface area contributed by atoms with Gasteiger partial charge >= 0.3 is 0 Å². The molecular weight excluding hydrogens is 308 g/mol. The topological polar surface area (TPSA) is 66.9 Å². The number of aromatic nitrogens is 2. The van der Waals surface area contributed by atoms with Gasteiger partial charge in [0.25, 0.3) is 5.91 Å². The van der Waals surface area contributed by atoms with E-state index in [-0.39, 0.29) is 5.91 Å². The van der Waals surface area contributed by atoms with Gasteiger partial charge in [-0.15, -0.1) is 11.3 Å². The predicted octanol–water partition coefficient (Wildman–Crippen LogP) is 2.37. The molecule has 0 aliphatic carbocycles. The minimum Gasteiger partial charge on any atom is -0.347 e. The lowest BCUT2D eigenvalue weighted by Crippen LogP contribution is -2.29. The van der Waals surface area contributed by atoms with Gasteiger partial charge in [-0.05, 0) is 49.4 Å². The maximum Gasteiger partial charge on any atom is 0.271 e. The van der Waals surface area contributed by atoms with Gasteiger partial charge in [0, 0.05) is 30.4 Å². The molecule has 2 aromatic heterocycles. The summed E-state index contributed by atoms with van der Waals surface area (Å²) in [6.45, 7) is 6.47. The van der Waals surface area contributed by atoms with Gasteiger partial charge in [0.1, 0.15) is 5.69 Å². The number of carbonyl (C=O) groups is 1. The molecule has 0 spiro atoms. The quantitative estimate of drug-likeness (QED) is 0.883. The van der Waals surface area contributed by atoms with Gasteiger partial charge in [0.2, 0.25) is 0 Å². The van der Waals surface area contributed by atoms with E-state index >= 15 is 0 Å². The molecule has 0 aromatic carbocycles. The van der Waals surface area contributed by atoms with E-state index in [0.29, 0.717) is 12.2 Å². The Morgan fingerprint density at radius 3 is 3.17 bits per heavy atom. The molecular formula is C17H22N4OS. The van der Waals surface area contributed by atoms with E-state index in [4.69, 9.17) is 0 Å². The second kappa shape index (κ2) is 7.19. The van der Waals surface area contributed by atoms with Gasteiger partial charge in [-0.2, -0.15) is 0 Å². The molecule has 0 fully saturated rings. The molecule has 2 N–H and O–H groups in total. The van der Waals surface area contributed by atoms with Crippen LogP contribution in [0.4, 0.5) is 0 Å². The Bertz CT molecular complexity index is 711. The number of carbonyl (C=O) groups excluding carboxylic acids is 1. The van der Waals surface area contributed by atoms with Crippen molar-refractivity contribution < 1.29 is 4.79 Å². The number of nitrogens with zero attached hydrogens (tertiary/aromatic N) is 2. The molecule has 1 amide bonds. The first-order valence-corrected chi connectivity index (χ1v) is 8.96. The molecule has 122 valence electrons. The van der Waals surface area contributed by atoms with E-state index in [0.717, 1.165) is 48.6 Å². The summed E-state index contributed by atoms with van der Waals surface area (Å²) in [6.07, 6.45) is 4.91. The molecule has 3 rings (SSSR count). The summed E-state index contributed by atoms with van der Waals surface area (Å²) in [5.74, 6) is -0.102. The van der Waals surface area contributed by atoms with Gasteiger partial charge in [-0.1, -0.05) is 6.92 Å². The minimum atomic E-state index is -0.102. The Labute approximate surface area is 140 Å². The Morgan fingerprint density at radius 1 is 1.48 bits per heavy atom. The highest BCUT2D eigenvalue weighted by Crippen LogP contribution is 2.20. The van der Waals surface area contributed by atoms with Crippen LogP contribution in [0.15, 0.2) is 11.6 Å². The van der Waals surface area contributed by atoms with E-state index in [9.17, 15) is 4.79 Å². The Balaban J connectivity index is 1.71. The molecule has 0 atom stereocenters. The number of fused-ring (bicyclic) bond motifs is 1. The number of hydrogen-bond acceptors (Lipinski definition) is 5. The molecule has 2 aromatic rings.